The van der Waals surface area contributed by atoms with Gasteiger partial charge in [0.15, 0.2) is 23.3 Å². The van der Waals surface area contributed by atoms with Gasteiger partial charge in [-0.2, -0.15) is 0 Å². The molecule has 0 unspecified atom stereocenters. The van der Waals surface area contributed by atoms with Gasteiger partial charge in [0.2, 0.25) is 5.82 Å². The SMILES string of the molecule is Cc1cc(-c2ccccc2)cc(C=Nc2c(F)c(F)c(F)c(F)c2F)c1O.[Cl][Ti][Cl]. The fraction of sp³-hybridized carbons (Fsp3) is 0.0500. The molecule has 0 saturated heterocycles. The molecule has 0 atom stereocenters. The predicted octanol–water partition coefficient (Wildman–Crippen LogP) is 7.19. The normalized spacial score (nSPS) is 10.7. The van der Waals surface area contributed by atoms with Crippen LogP contribution in [0.5, 0.6) is 5.75 Å². The van der Waals surface area contributed by atoms with Crippen LogP contribution in [0.1, 0.15) is 11.1 Å². The molecule has 0 aliphatic rings. The minimum absolute atomic E-state index is 0.0674. The molecule has 0 saturated carbocycles. The second-order valence-corrected chi connectivity index (χ2v) is 8.42. The van der Waals surface area contributed by atoms with Crippen LogP contribution in [0.4, 0.5) is 27.6 Å². The van der Waals surface area contributed by atoms with Crippen molar-refractivity contribution in [2.45, 2.75) is 6.92 Å². The third-order valence-electron chi connectivity index (χ3n) is 3.96. The van der Waals surface area contributed by atoms with E-state index in [1.54, 1.807) is 25.1 Å². The first-order valence-corrected chi connectivity index (χ1v) is 12.4. The molecule has 0 radical (unpaired) electrons. The molecular formula is C20H12Cl2F5NOTi. The molecule has 10 heteroatoms. The molecule has 0 bridgehead atoms. The van der Waals surface area contributed by atoms with Crippen LogP contribution < -0.4 is 0 Å². The van der Waals surface area contributed by atoms with E-state index in [0.717, 1.165) is 11.8 Å². The average molecular weight is 496 g/mol. The first-order valence-electron chi connectivity index (χ1n) is 8.13. The van der Waals surface area contributed by atoms with Crippen molar-refractivity contribution >= 4 is 30.5 Å². The molecule has 0 fully saturated rings. The topological polar surface area (TPSA) is 32.6 Å². The number of aryl methyl sites for hydroxylation is 1. The Morgan fingerprint density at radius 3 is 1.87 bits per heavy atom. The summed E-state index contributed by atoms with van der Waals surface area (Å²) < 4.78 is 67.1. The third kappa shape index (κ3) is 5.40. The Morgan fingerprint density at radius 1 is 0.833 bits per heavy atom. The van der Waals surface area contributed by atoms with Gasteiger partial charge < -0.3 is 5.11 Å². The van der Waals surface area contributed by atoms with Gasteiger partial charge in [-0.3, -0.25) is 0 Å². The molecule has 0 aliphatic carbocycles. The first kappa shape index (κ1) is 24.3. The van der Waals surface area contributed by atoms with Gasteiger partial charge in [0, 0.05) is 11.8 Å². The molecule has 30 heavy (non-hydrogen) atoms. The van der Waals surface area contributed by atoms with Crippen molar-refractivity contribution in [1.82, 2.24) is 0 Å². The maximum absolute atomic E-state index is 13.7. The fourth-order valence-corrected chi connectivity index (χ4v) is 2.54. The molecular weight excluding hydrogens is 484 g/mol. The van der Waals surface area contributed by atoms with Gasteiger partial charge in [-0.25, -0.2) is 26.9 Å². The molecule has 3 aromatic rings. The Morgan fingerprint density at radius 2 is 1.33 bits per heavy atom. The summed E-state index contributed by atoms with van der Waals surface area (Å²) in [7, 11) is 9.78. The molecule has 0 spiro atoms. The molecule has 0 aliphatic heterocycles. The molecule has 156 valence electrons. The van der Waals surface area contributed by atoms with E-state index < -0.39 is 51.8 Å². The molecule has 1 N–H and O–H groups in total. The predicted molar refractivity (Wildman–Crippen MR) is 103 cm³/mol. The van der Waals surface area contributed by atoms with Crippen molar-refractivity contribution in [3.8, 4) is 16.9 Å². The van der Waals surface area contributed by atoms with Crippen molar-refractivity contribution in [3.63, 3.8) is 0 Å². The molecule has 0 amide bonds. The summed E-state index contributed by atoms with van der Waals surface area (Å²) in [5, 5.41) is 10.2. The van der Waals surface area contributed by atoms with Crippen LogP contribution in [0, 0.1) is 36.0 Å². The van der Waals surface area contributed by atoms with E-state index in [-0.39, 0.29) is 11.3 Å². The van der Waals surface area contributed by atoms with Gasteiger partial charge in [0.05, 0.1) is 0 Å². The summed E-state index contributed by atoms with van der Waals surface area (Å²) in [4.78, 5) is 3.39. The standard InChI is InChI=1S/C20H12F5NO.2ClH.Ti/c1-10-7-12(11-5-3-2-4-6-11)8-13(20(10)27)9-26-19-17(24)15(22)14(21)16(23)18(19)25;;;/h2-9,27H,1H3;2*1H;/q;;;+2/p-2. The summed E-state index contributed by atoms with van der Waals surface area (Å²) in [6, 6.07) is 12.3. The Bertz CT molecular complexity index is 1050. The summed E-state index contributed by atoms with van der Waals surface area (Å²) in [5.41, 5.74) is 0.692. The van der Waals surface area contributed by atoms with E-state index in [1.807, 2.05) is 18.2 Å². The van der Waals surface area contributed by atoms with Crippen molar-refractivity contribution in [2.24, 2.45) is 4.99 Å². The zero-order chi connectivity index (χ0) is 22.4. The number of hydrogen-bond acceptors (Lipinski definition) is 2. The summed E-state index contributed by atoms with van der Waals surface area (Å²) in [5.74, 6) is -10.7. The quantitative estimate of drug-likeness (QED) is 0.135. The number of halogens is 7. The Hall–Kier alpha value is -1.93. The van der Waals surface area contributed by atoms with Crippen LogP contribution in [0.2, 0.25) is 0 Å². The number of phenols is 1. The van der Waals surface area contributed by atoms with Crippen LogP contribution >= 0.6 is 18.6 Å². The Labute approximate surface area is 185 Å². The monoisotopic (exact) mass is 495 g/mol. The van der Waals surface area contributed by atoms with E-state index in [4.69, 9.17) is 18.6 Å². The van der Waals surface area contributed by atoms with Crippen LogP contribution in [0.25, 0.3) is 11.1 Å². The number of nitrogens with zero attached hydrogens (tertiary/aromatic N) is 1. The fourth-order valence-electron chi connectivity index (χ4n) is 2.54. The molecule has 0 heterocycles. The zero-order valence-corrected chi connectivity index (χ0v) is 18.2. The number of aromatic hydroxyl groups is 1. The number of aliphatic imine (C=N–C) groups is 1. The van der Waals surface area contributed by atoms with E-state index in [9.17, 15) is 27.1 Å². The van der Waals surface area contributed by atoms with E-state index >= 15 is 0 Å². The maximum atomic E-state index is 13.7. The van der Waals surface area contributed by atoms with Gasteiger partial charge in [-0.05, 0) is 35.7 Å². The second kappa shape index (κ2) is 10.9. The average Bonchev–Trinajstić information content (AvgIpc) is 2.74. The van der Waals surface area contributed by atoms with E-state index in [1.165, 1.54) is 6.07 Å². The molecule has 3 rings (SSSR count). The Balaban J connectivity index is 0.00000101. The minimum atomic E-state index is -2.26. The molecule has 3 aromatic carbocycles. The van der Waals surface area contributed by atoms with Gasteiger partial charge in [0.1, 0.15) is 11.4 Å². The van der Waals surface area contributed by atoms with Crippen molar-refractivity contribution in [3.05, 3.63) is 82.7 Å². The van der Waals surface area contributed by atoms with Gasteiger partial charge in [-0.1, -0.05) is 30.3 Å². The molecule has 2 nitrogen and oxygen atoms in total. The number of rotatable bonds is 3. The number of hydrogen-bond donors (Lipinski definition) is 1. The van der Waals surface area contributed by atoms with E-state index in [0.29, 0.717) is 11.1 Å². The van der Waals surface area contributed by atoms with Gasteiger partial charge in [0.25, 0.3) is 0 Å². The van der Waals surface area contributed by atoms with Crippen LogP contribution in [-0.2, 0) is 17.0 Å². The summed E-state index contributed by atoms with van der Waals surface area (Å²) in [6.45, 7) is 1.61. The van der Waals surface area contributed by atoms with Crippen LogP contribution in [-0.4, -0.2) is 11.3 Å². The summed E-state index contributed by atoms with van der Waals surface area (Å²) >= 11 is -0.556. The van der Waals surface area contributed by atoms with Crippen molar-refractivity contribution in [2.75, 3.05) is 0 Å². The van der Waals surface area contributed by atoms with Crippen molar-refractivity contribution < 1.29 is 44.1 Å². The first-order chi connectivity index (χ1) is 14.2. The third-order valence-corrected chi connectivity index (χ3v) is 3.96. The molecule has 0 aromatic heterocycles. The zero-order valence-electron chi connectivity index (χ0n) is 15.2. The van der Waals surface area contributed by atoms with Crippen LogP contribution in [0.3, 0.4) is 0 Å². The second-order valence-electron chi connectivity index (χ2n) is 5.85. The number of benzene rings is 3. The number of phenolic OH excluding ortho intramolecular Hbond substituents is 1. The van der Waals surface area contributed by atoms with Crippen molar-refractivity contribution in [1.29, 1.82) is 0 Å². The van der Waals surface area contributed by atoms with Gasteiger partial charge in [-0.15, -0.1) is 0 Å². The van der Waals surface area contributed by atoms with Crippen LogP contribution in [0.15, 0.2) is 47.5 Å². The summed E-state index contributed by atoms with van der Waals surface area (Å²) in [6.07, 6.45) is 0.854. The van der Waals surface area contributed by atoms with Gasteiger partial charge >= 0.3 is 35.6 Å². The van der Waals surface area contributed by atoms with E-state index in [2.05, 4.69) is 4.99 Å². The Kier molecular flexibility index (Phi) is 8.85.